The van der Waals surface area contributed by atoms with Crippen molar-refractivity contribution in [2.45, 2.75) is 20.4 Å². The number of benzene rings is 1. The van der Waals surface area contributed by atoms with E-state index in [1.165, 1.54) is 11.1 Å². The Kier molecular flexibility index (Phi) is 4.39. The molecule has 0 radical (unpaired) electrons. The maximum atomic E-state index is 5.46. The lowest BCUT2D eigenvalue weighted by Gasteiger charge is -2.21. The minimum atomic E-state index is 0.711. The molecule has 0 fully saturated rings. The highest BCUT2D eigenvalue weighted by Crippen LogP contribution is 2.15. The third kappa shape index (κ3) is 3.17. The van der Waals surface area contributed by atoms with Crippen molar-refractivity contribution >= 4 is 23.0 Å². The van der Waals surface area contributed by atoms with E-state index in [0.29, 0.717) is 5.11 Å². The van der Waals surface area contributed by atoms with Crippen LogP contribution in [0.5, 0.6) is 0 Å². The first-order valence-electron chi connectivity index (χ1n) is 6.54. The number of nitrogens with zero attached hydrogens (tertiary/aromatic N) is 3. The highest BCUT2D eigenvalue weighted by Gasteiger charge is 2.10. The van der Waals surface area contributed by atoms with Gasteiger partial charge in [-0.25, -0.2) is 0 Å². The molecular weight excluding hydrogens is 268 g/mol. The molecule has 1 aromatic carbocycles. The summed E-state index contributed by atoms with van der Waals surface area (Å²) < 4.78 is 1.88. The van der Waals surface area contributed by atoms with Gasteiger partial charge in [-0.15, -0.1) is 0 Å². The van der Waals surface area contributed by atoms with Crippen LogP contribution in [0.1, 0.15) is 16.8 Å². The van der Waals surface area contributed by atoms with E-state index in [4.69, 9.17) is 12.2 Å². The van der Waals surface area contributed by atoms with Crippen LogP contribution in [0.25, 0.3) is 0 Å². The van der Waals surface area contributed by atoms with Gasteiger partial charge in [-0.1, -0.05) is 18.2 Å². The third-order valence-electron chi connectivity index (χ3n) is 3.48. The molecule has 0 aliphatic carbocycles. The van der Waals surface area contributed by atoms with Crippen LogP contribution >= 0.6 is 12.2 Å². The Balaban J connectivity index is 2.03. The molecule has 0 saturated heterocycles. The molecule has 1 aromatic heterocycles. The van der Waals surface area contributed by atoms with Crippen molar-refractivity contribution in [2.75, 3.05) is 12.4 Å². The summed E-state index contributed by atoms with van der Waals surface area (Å²) in [6.07, 6.45) is 1.89. The lowest BCUT2D eigenvalue weighted by Crippen LogP contribution is -2.30. The lowest BCUT2D eigenvalue weighted by molar-refractivity contribution is 0.506. The van der Waals surface area contributed by atoms with Gasteiger partial charge in [0.2, 0.25) is 0 Å². The van der Waals surface area contributed by atoms with E-state index in [-0.39, 0.29) is 0 Å². The molecule has 0 bridgehead atoms. The van der Waals surface area contributed by atoms with Gasteiger partial charge in [-0.2, -0.15) is 5.10 Å². The Hall–Kier alpha value is -1.88. The molecule has 0 spiro atoms. The Morgan fingerprint density at radius 3 is 2.65 bits per heavy atom. The number of para-hydroxylation sites is 1. The quantitative estimate of drug-likeness (QED) is 0.881. The summed E-state index contributed by atoms with van der Waals surface area (Å²) in [5.74, 6) is 0. The number of rotatable bonds is 3. The van der Waals surface area contributed by atoms with Crippen LogP contribution < -0.4 is 5.32 Å². The third-order valence-corrected chi connectivity index (χ3v) is 3.89. The number of hydrogen-bond donors (Lipinski definition) is 1. The van der Waals surface area contributed by atoms with Crippen molar-refractivity contribution in [3.8, 4) is 0 Å². The summed E-state index contributed by atoms with van der Waals surface area (Å²) in [6.45, 7) is 4.88. The molecule has 1 N–H and O–H groups in total. The maximum Gasteiger partial charge on any atom is 0.173 e. The van der Waals surface area contributed by atoms with E-state index in [1.54, 1.807) is 0 Å². The van der Waals surface area contributed by atoms with Gasteiger partial charge in [-0.05, 0) is 37.7 Å². The van der Waals surface area contributed by atoms with E-state index >= 15 is 0 Å². The zero-order valence-electron chi connectivity index (χ0n) is 12.3. The van der Waals surface area contributed by atoms with E-state index < -0.39 is 0 Å². The molecule has 1 heterocycles. The zero-order chi connectivity index (χ0) is 14.7. The standard InChI is InChI=1S/C15H20N4S/c1-11-7-5-6-8-14(11)17-15(20)18(3)10-13-9-16-19(4)12(13)2/h5-9H,10H2,1-4H3,(H,17,20). The number of anilines is 1. The normalized spacial score (nSPS) is 10.4. The molecule has 0 atom stereocenters. The van der Waals surface area contributed by atoms with Crippen molar-refractivity contribution in [1.82, 2.24) is 14.7 Å². The predicted molar refractivity (Wildman–Crippen MR) is 86.8 cm³/mol. The molecule has 4 nitrogen and oxygen atoms in total. The largest absolute Gasteiger partial charge is 0.348 e. The topological polar surface area (TPSA) is 33.1 Å². The molecular formula is C15H20N4S. The molecule has 5 heteroatoms. The van der Waals surface area contributed by atoms with Gasteiger partial charge in [0.1, 0.15) is 0 Å². The Morgan fingerprint density at radius 1 is 1.35 bits per heavy atom. The van der Waals surface area contributed by atoms with Gasteiger partial charge < -0.3 is 10.2 Å². The smallest absolute Gasteiger partial charge is 0.173 e. The SMILES string of the molecule is Cc1ccccc1NC(=S)N(C)Cc1cnn(C)c1C. The Morgan fingerprint density at radius 2 is 2.05 bits per heavy atom. The molecule has 0 unspecified atom stereocenters. The second kappa shape index (κ2) is 6.05. The number of nitrogens with one attached hydrogen (secondary N) is 1. The molecule has 2 aromatic rings. The van der Waals surface area contributed by atoms with Crippen LogP contribution in [0.4, 0.5) is 5.69 Å². The predicted octanol–water partition coefficient (Wildman–Crippen LogP) is 2.87. The second-order valence-electron chi connectivity index (χ2n) is 4.98. The van der Waals surface area contributed by atoms with E-state index in [2.05, 4.69) is 30.3 Å². The van der Waals surface area contributed by atoms with Crippen molar-refractivity contribution < 1.29 is 0 Å². The van der Waals surface area contributed by atoms with Crippen LogP contribution in [-0.4, -0.2) is 26.8 Å². The van der Waals surface area contributed by atoms with E-state index in [9.17, 15) is 0 Å². The average molecular weight is 288 g/mol. The van der Waals surface area contributed by atoms with Crippen molar-refractivity contribution in [3.05, 3.63) is 47.3 Å². The first kappa shape index (κ1) is 14.5. The minimum Gasteiger partial charge on any atom is -0.348 e. The van der Waals surface area contributed by atoms with Crippen LogP contribution in [0.2, 0.25) is 0 Å². The molecule has 0 aliphatic rings. The van der Waals surface area contributed by atoms with Gasteiger partial charge >= 0.3 is 0 Å². The number of thiocarbonyl (C=S) groups is 1. The van der Waals surface area contributed by atoms with Crippen molar-refractivity contribution in [1.29, 1.82) is 0 Å². The zero-order valence-corrected chi connectivity index (χ0v) is 13.2. The summed E-state index contributed by atoms with van der Waals surface area (Å²) in [5, 5.41) is 8.25. The molecule has 2 rings (SSSR count). The van der Waals surface area contributed by atoms with E-state index in [0.717, 1.165) is 17.9 Å². The van der Waals surface area contributed by atoms with Crippen LogP contribution in [-0.2, 0) is 13.6 Å². The monoisotopic (exact) mass is 288 g/mol. The van der Waals surface area contributed by atoms with Gasteiger partial charge in [0.05, 0.1) is 6.20 Å². The molecule has 20 heavy (non-hydrogen) atoms. The summed E-state index contributed by atoms with van der Waals surface area (Å²) in [4.78, 5) is 2.02. The fourth-order valence-corrected chi connectivity index (χ4v) is 2.12. The van der Waals surface area contributed by atoms with Gasteiger partial charge in [0.15, 0.2) is 5.11 Å². The average Bonchev–Trinajstić information content (AvgIpc) is 2.73. The van der Waals surface area contributed by atoms with Gasteiger partial charge in [0.25, 0.3) is 0 Å². The lowest BCUT2D eigenvalue weighted by atomic mass is 10.2. The summed E-state index contributed by atoms with van der Waals surface area (Å²) in [7, 11) is 3.93. The first-order chi connectivity index (χ1) is 9.49. The number of aryl methyl sites for hydroxylation is 2. The molecule has 106 valence electrons. The first-order valence-corrected chi connectivity index (χ1v) is 6.95. The summed E-state index contributed by atoms with van der Waals surface area (Å²) in [6, 6.07) is 8.12. The highest BCUT2D eigenvalue weighted by atomic mass is 32.1. The number of aromatic nitrogens is 2. The molecule has 0 aliphatic heterocycles. The van der Waals surface area contributed by atoms with Crippen LogP contribution in [0.15, 0.2) is 30.5 Å². The molecule has 0 saturated carbocycles. The van der Waals surface area contributed by atoms with Crippen LogP contribution in [0.3, 0.4) is 0 Å². The highest BCUT2D eigenvalue weighted by molar-refractivity contribution is 7.80. The minimum absolute atomic E-state index is 0.711. The summed E-state index contributed by atoms with van der Waals surface area (Å²) in [5.41, 5.74) is 4.58. The van der Waals surface area contributed by atoms with Crippen LogP contribution in [0, 0.1) is 13.8 Å². The van der Waals surface area contributed by atoms with Gasteiger partial charge in [0, 0.05) is 37.6 Å². The molecule has 0 amide bonds. The maximum absolute atomic E-state index is 5.46. The van der Waals surface area contributed by atoms with Gasteiger partial charge in [-0.3, -0.25) is 4.68 Å². The van der Waals surface area contributed by atoms with Crippen molar-refractivity contribution in [2.24, 2.45) is 7.05 Å². The fraction of sp³-hybridized carbons (Fsp3) is 0.333. The second-order valence-corrected chi connectivity index (χ2v) is 5.37. The number of hydrogen-bond acceptors (Lipinski definition) is 2. The fourth-order valence-electron chi connectivity index (χ4n) is 1.95. The van der Waals surface area contributed by atoms with E-state index in [1.807, 2.05) is 48.1 Å². The Labute approximate surface area is 125 Å². The summed E-state index contributed by atoms with van der Waals surface area (Å²) >= 11 is 5.46. The Bertz CT molecular complexity index is 618. The van der Waals surface area contributed by atoms with Crippen molar-refractivity contribution in [3.63, 3.8) is 0 Å².